The molecule has 0 aliphatic rings. The van der Waals surface area contributed by atoms with E-state index < -0.39 is 12.5 Å². The molecule has 0 aromatic carbocycles. The van der Waals surface area contributed by atoms with Gasteiger partial charge in [0.1, 0.15) is 5.69 Å². The number of hydrogen-bond donors (Lipinski definition) is 2. The fourth-order valence-corrected chi connectivity index (χ4v) is 1.22. The van der Waals surface area contributed by atoms with E-state index in [1.54, 1.807) is 0 Å². The summed E-state index contributed by atoms with van der Waals surface area (Å²) in [6, 6.07) is 0. The van der Waals surface area contributed by atoms with Crippen LogP contribution < -0.4 is 11.5 Å². The highest BCUT2D eigenvalue weighted by atomic mass is 32.1. The van der Waals surface area contributed by atoms with Gasteiger partial charge in [0, 0.05) is 5.38 Å². The van der Waals surface area contributed by atoms with Gasteiger partial charge in [0.15, 0.2) is 17.5 Å². The summed E-state index contributed by atoms with van der Waals surface area (Å²) in [4.78, 5) is 29.0. The predicted octanol–water partition coefficient (Wildman–Crippen LogP) is -0.959. The Hall–Kier alpha value is -1.96. The molecule has 0 aliphatic carbocycles. The molecule has 0 fully saturated rings. The van der Waals surface area contributed by atoms with Crippen LogP contribution in [0.1, 0.15) is 5.69 Å². The SMILES string of the molecule is NC(=O)CO/N=C(/[C]=O)c1csc(N)n1. The first-order valence-electron chi connectivity index (χ1n) is 3.71. The van der Waals surface area contributed by atoms with Gasteiger partial charge in [-0.3, -0.25) is 9.59 Å². The van der Waals surface area contributed by atoms with Crippen LogP contribution in [0.3, 0.4) is 0 Å². The minimum atomic E-state index is -0.693. The number of thiazole rings is 1. The Balaban J connectivity index is 2.71. The average Bonchev–Trinajstić information content (AvgIpc) is 2.59. The summed E-state index contributed by atoms with van der Waals surface area (Å²) in [6.45, 7) is -0.412. The highest BCUT2D eigenvalue weighted by molar-refractivity contribution is 7.13. The molecular weight excluding hydrogens is 220 g/mol. The molecule has 8 heteroatoms. The largest absolute Gasteiger partial charge is 0.385 e. The first-order chi connectivity index (χ1) is 7.13. The lowest BCUT2D eigenvalue weighted by atomic mass is 10.3. The summed E-state index contributed by atoms with van der Waals surface area (Å²) in [5.41, 5.74) is 10.2. The first-order valence-corrected chi connectivity index (χ1v) is 4.59. The minimum absolute atomic E-state index is 0.163. The fraction of sp³-hybridized carbons (Fsp3) is 0.143. The first kappa shape index (κ1) is 11.1. The van der Waals surface area contributed by atoms with Crippen LogP contribution in [0.4, 0.5) is 5.13 Å². The van der Waals surface area contributed by atoms with E-state index in [1.165, 1.54) is 11.7 Å². The number of primary amides is 1. The zero-order valence-electron chi connectivity index (χ0n) is 7.47. The maximum Gasteiger partial charge on any atom is 0.259 e. The van der Waals surface area contributed by atoms with Crippen molar-refractivity contribution < 1.29 is 14.4 Å². The topological polar surface area (TPSA) is 121 Å². The summed E-state index contributed by atoms with van der Waals surface area (Å²) >= 11 is 1.15. The molecule has 0 atom stereocenters. The summed E-state index contributed by atoms with van der Waals surface area (Å²) in [6.07, 6.45) is 1.52. The van der Waals surface area contributed by atoms with Crippen LogP contribution in [-0.2, 0) is 14.4 Å². The predicted molar refractivity (Wildman–Crippen MR) is 53.9 cm³/mol. The molecule has 0 saturated carbocycles. The van der Waals surface area contributed by atoms with Gasteiger partial charge in [-0.25, -0.2) is 4.98 Å². The van der Waals surface area contributed by atoms with E-state index >= 15 is 0 Å². The lowest BCUT2D eigenvalue weighted by Gasteiger charge is -1.95. The highest BCUT2D eigenvalue weighted by Gasteiger charge is 2.08. The van der Waals surface area contributed by atoms with Crippen molar-refractivity contribution in [1.29, 1.82) is 0 Å². The summed E-state index contributed by atoms with van der Waals surface area (Å²) < 4.78 is 0. The third kappa shape index (κ3) is 3.35. The molecule has 0 spiro atoms. The second kappa shape index (κ2) is 5.05. The number of aromatic nitrogens is 1. The Kier molecular flexibility index (Phi) is 3.75. The number of amides is 1. The summed E-state index contributed by atoms with van der Waals surface area (Å²) in [5.74, 6) is -0.693. The monoisotopic (exact) mass is 227 g/mol. The third-order valence-electron chi connectivity index (χ3n) is 1.22. The van der Waals surface area contributed by atoms with Gasteiger partial charge in [0.25, 0.3) is 12.2 Å². The Morgan fingerprint density at radius 1 is 1.73 bits per heavy atom. The highest BCUT2D eigenvalue weighted by Crippen LogP contribution is 2.11. The summed E-state index contributed by atoms with van der Waals surface area (Å²) in [5, 5.41) is 5.16. The fourth-order valence-electron chi connectivity index (χ4n) is 0.675. The molecule has 1 aromatic heterocycles. The van der Waals surface area contributed by atoms with E-state index in [0.29, 0.717) is 5.13 Å². The lowest BCUT2D eigenvalue weighted by Crippen LogP contribution is -2.17. The second-order valence-electron chi connectivity index (χ2n) is 2.35. The number of oxime groups is 1. The molecule has 0 unspecified atom stereocenters. The minimum Gasteiger partial charge on any atom is -0.385 e. The Bertz CT molecular complexity index is 401. The second-order valence-corrected chi connectivity index (χ2v) is 3.24. The molecule has 1 heterocycles. The quantitative estimate of drug-likeness (QED) is 0.495. The van der Waals surface area contributed by atoms with Crippen molar-refractivity contribution in [2.45, 2.75) is 0 Å². The molecule has 0 saturated heterocycles. The van der Waals surface area contributed by atoms with Gasteiger partial charge in [-0.1, -0.05) is 5.16 Å². The molecule has 1 rings (SSSR count). The molecule has 0 bridgehead atoms. The summed E-state index contributed by atoms with van der Waals surface area (Å²) in [7, 11) is 0. The van der Waals surface area contributed by atoms with Crippen LogP contribution in [0.5, 0.6) is 0 Å². The van der Waals surface area contributed by atoms with Crippen molar-refractivity contribution in [2.24, 2.45) is 10.9 Å². The van der Waals surface area contributed by atoms with Gasteiger partial charge in [0.2, 0.25) is 0 Å². The van der Waals surface area contributed by atoms with Crippen molar-refractivity contribution in [3.8, 4) is 0 Å². The van der Waals surface area contributed by atoms with Crippen molar-refractivity contribution in [3.63, 3.8) is 0 Å². The number of hydrogen-bond acceptors (Lipinski definition) is 7. The van der Waals surface area contributed by atoms with Gasteiger partial charge in [-0.05, 0) is 0 Å². The van der Waals surface area contributed by atoms with Crippen LogP contribution in [0, 0.1) is 0 Å². The third-order valence-corrected chi connectivity index (χ3v) is 1.90. The van der Waals surface area contributed by atoms with Crippen LogP contribution in [0.2, 0.25) is 0 Å². The normalized spacial score (nSPS) is 11.1. The Morgan fingerprint density at radius 3 is 2.93 bits per heavy atom. The number of carbonyl (C=O) groups is 1. The van der Waals surface area contributed by atoms with Crippen molar-refractivity contribution >= 4 is 34.4 Å². The van der Waals surface area contributed by atoms with Crippen molar-refractivity contribution in [3.05, 3.63) is 11.1 Å². The van der Waals surface area contributed by atoms with Crippen LogP contribution in [0.25, 0.3) is 0 Å². The smallest absolute Gasteiger partial charge is 0.259 e. The van der Waals surface area contributed by atoms with Crippen LogP contribution in [-0.4, -0.2) is 29.5 Å². The molecular formula is C7H7N4O3S. The van der Waals surface area contributed by atoms with E-state index in [9.17, 15) is 9.59 Å². The molecule has 15 heavy (non-hydrogen) atoms. The zero-order valence-corrected chi connectivity index (χ0v) is 8.28. The Labute approximate surface area is 88.7 Å². The lowest BCUT2D eigenvalue weighted by molar-refractivity contribution is -0.122. The number of carbonyl (C=O) groups excluding carboxylic acids is 2. The average molecular weight is 227 g/mol. The molecule has 79 valence electrons. The standard InChI is InChI=1S/C7H7N4O3S/c8-6(13)2-14-11-4(1-12)5-3-15-7(9)10-5/h3H,2H2,(H2,8,13)(H2,9,10)/b11-4-. The number of nitrogen functional groups attached to an aromatic ring is 1. The van der Waals surface area contributed by atoms with Crippen molar-refractivity contribution in [2.75, 3.05) is 12.3 Å². The molecule has 1 amide bonds. The molecule has 0 aliphatic heterocycles. The number of rotatable bonds is 5. The Morgan fingerprint density at radius 2 is 2.47 bits per heavy atom. The van der Waals surface area contributed by atoms with Gasteiger partial charge in [0.05, 0.1) is 0 Å². The molecule has 7 nitrogen and oxygen atoms in total. The number of nitrogens with zero attached hydrogens (tertiary/aromatic N) is 2. The zero-order chi connectivity index (χ0) is 11.3. The van der Waals surface area contributed by atoms with Gasteiger partial charge in [-0.15, -0.1) is 11.3 Å². The number of anilines is 1. The van der Waals surface area contributed by atoms with E-state index in [0.717, 1.165) is 11.3 Å². The maximum atomic E-state index is 10.5. The molecule has 1 radical (unpaired) electrons. The van der Waals surface area contributed by atoms with Gasteiger partial charge >= 0.3 is 0 Å². The van der Waals surface area contributed by atoms with E-state index in [1.807, 2.05) is 0 Å². The van der Waals surface area contributed by atoms with E-state index in [-0.39, 0.29) is 11.4 Å². The van der Waals surface area contributed by atoms with E-state index in [4.69, 9.17) is 11.5 Å². The van der Waals surface area contributed by atoms with Gasteiger partial charge < -0.3 is 16.3 Å². The van der Waals surface area contributed by atoms with Crippen LogP contribution in [0.15, 0.2) is 10.5 Å². The van der Waals surface area contributed by atoms with E-state index in [2.05, 4.69) is 15.0 Å². The maximum absolute atomic E-state index is 10.5. The number of nitrogens with two attached hydrogens (primary N) is 2. The van der Waals surface area contributed by atoms with Gasteiger partial charge in [-0.2, -0.15) is 0 Å². The molecule has 4 N–H and O–H groups in total. The van der Waals surface area contributed by atoms with Crippen LogP contribution >= 0.6 is 11.3 Å². The molecule has 1 aromatic rings. The van der Waals surface area contributed by atoms with Crippen molar-refractivity contribution in [1.82, 2.24) is 4.98 Å².